The van der Waals surface area contributed by atoms with Gasteiger partial charge in [-0.2, -0.15) is 0 Å². The minimum atomic E-state index is 0.475. The standard InChI is InChI=1S/C22H36OS/c1-20(23-21-15-11-12-16-21)14-8-5-3-2-4-6-13-19-24-22-17-9-7-10-18-22/h7,9-10,17-18,20-21H,2-6,8,11-16,19H2,1H3. The first kappa shape index (κ1) is 19.8. The number of hydrogen-bond acceptors (Lipinski definition) is 2. The van der Waals surface area contributed by atoms with Crippen molar-refractivity contribution in [2.24, 2.45) is 0 Å². The summed E-state index contributed by atoms with van der Waals surface area (Å²) in [6.07, 6.45) is 17.4. The van der Waals surface area contributed by atoms with Crippen LogP contribution in [0.5, 0.6) is 0 Å². The third-order valence-electron chi connectivity index (χ3n) is 4.99. The van der Waals surface area contributed by atoms with Crippen LogP contribution < -0.4 is 0 Å². The quantitative estimate of drug-likeness (QED) is 0.274. The molecule has 2 rings (SSSR count). The SMILES string of the molecule is CC(CCCCCCCCCSc1ccccc1)OC1CCCC1. The summed E-state index contributed by atoms with van der Waals surface area (Å²) < 4.78 is 6.12. The van der Waals surface area contributed by atoms with E-state index < -0.39 is 0 Å². The van der Waals surface area contributed by atoms with E-state index in [1.807, 2.05) is 11.8 Å². The summed E-state index contributed by atoms with van der Waals surface area (Å²) in [5, 5.41) is 0. The third-order valence-corrected chi connectivity index (χ3v) is 6.09. The van der Waals surface area contributed by atoms with E-state index in [0.29, 0.717) is 12.2 Å². The van der Waals surface area contributed by atoms with E-state index >= 15 is 0 Å². The zero-order valence-electron chi connectivity index (χ0n) is 15.6. The number of rotatable bonds is 13. The van der Waals surface area contributed by atoms with Crippen molar-refractivity contribution in [1.29, 1.82) is 0 Å². The smallest absolute Gasteiger partial charge is 0.0578 e. The normalized spacial score (nSPS) is 16.5. The van der Waals surface area contributed by atoms with Crippen molar-refractivity contribution in [2.75, 3.05) is 5.75 Å². The molecule has 1 atom stereocenters. The molecule has 0 bridgehead atoms. The van der Waals surface area contributed by atoms with Crippen molar-refractivity contribution in [2.45, 2.75) is 101 Å². The van der Waals surface area contributed by atoms with Gasteiger partial charge in [-0.1, -0.05) is 69.6 Å². The van der Waals surface area contributed by atoms with E-state index in [9.17, 15) is 0 Å². The van der Waals surface area contributed by atoms with Gasteiger partial charge in [-0.3, -0.25) is 0 Å². The molecule has 0 aromatic heterocycles. The molecule has 0 amide bonds. The predicted molar refractivity (Wildman–Crippen MR) is 107 cm³/mol. The molecule has 0 radical (unpaired) electrons. The molecule has 1 aliphatic carbocycles. The van der Waals surface area contributed by atoms with E-state index in [-0.39, 0.29) is 0 Å². The molecule has 136 valence electrons. The minimum absolute atomic E-state index is 0.475. The van der Waals surface area contributed by atoms with Crippen molar-refractivity contribution >= 4 is 11.8 Å². The van der Waals surface area contributed by atoms with Gasteiger partial charge in [0.15, 0.2) is 0 Å². The first-order chi connectivity index (χ1) is 11.8. The maximum atomic E-state index is 6.12. The third kappa shape index (κ3) is 9.13. The first-order valence-electron chi connectivity index (χ1n) is 10.2. The van der Waals surface area contributed by atoms with E-state index in [1.165, 1.54) is 87.7 Å². The summed E-state index contributed by atoms with van der Waals surface area (Å²) in [4.78, 5) is 1.41. The van der Waals surface area contributed by atoms with E-state index in [4.69, 9.17) is 4.74 Å². The topological polar surface area (TPSA) is 9.23 Å². The Bertz CT molecular complexity index is 400. The van der Waals surface area contributed by atoms with E-state index in [1.54, 1.807) is 0 Å². The Balaban J connectivity index is 1.32. The largest absolute Gasteiger partial charge is 0.375 e. The highest BCUT2D eigenvalue weighted by Crippen LogP contribution is 2.23. The van der Waals surface area contributed by atoms with Crippen molar-refractivity contribution < 1.29 is 4.74 Å². The Hall–Kier alpha value is -0.470. The second-order valence-corrected chi connectivity index (χ2v) is 8.45. The Morgan fingerprint density at radius 2 is 1.54 bits per heavy atom. The average Bonchev–Trinajstić information content (AvgIpc) is 3.10. The summed E-state index contributed by atoms with van der Waals surface area (Å²) in [6, 6.07) is 10.8. The maximum absolute atomic E-state index is 6.12. The van der Waals surface area contributed by atoms with E-state index in [2.05, 4.69) is 37.3 Å². The van der Waals surface area contributed by atoms with Crippen molar-refractivity contribution in [1.82, 2.24) is 0 Å². The molecule has 0 saturated heterocycles. The number of thioether (sulfide) groups is 1. The van der Waals surface area contributed by atoms with Crippen molar-refractivity contribution in [3.05, 3.63) is 30.3 Å². The molecule has 1 aliphatic rings. The molecule has 1 unspecified atom stereocenters. The van der Waals surface area contributed by atoms with Crippen LogP contribution in [0.3, 0.4) is 0 Å². The van der Waals surface area contributed by atoms with Crippen LogP contribution in [0.1, 0.15) is 84.0 Å². The molecule has 1 fully saturated rings. The molecule has 0 N–H and O–H groups in total. The molecule has 0 spiro atoms. The second-order valence-electron chi connectivity index (χ2n) is 7.28. The molecule has 0 aliphatic heterocycles. The highest BCUT2D eigenvalue weighted by atomic mass is 32.2. The summed E-state index contributed by atoms with van der Waals surface area (Å²) in [7, 11) is 0. The van der Waals surface area contributed by atoms with E-state index in [0.717, 1.165) is 0 Å². The molecular weight excluding hydrogens is 312 g/mol. The molecule has 1 saturated carbocycles. The number of unbranched alkanes of at least 4 members (excludes halogenated alkanes) is 6. The Morgan fingerprint density at radius 3 is 2.25 bits per heavy atom. The van der Waals surface area contributed by atoms with Crippen LogP contribution in [0, 0.1) is 0 Å². The first-order valence-corrected chi connectivity index (χ1v) is 11.2. The lowest BCUT2D eigenvalue weighted by molar-refractivity contribution is -0.00292. The average molecular weight is 349 g/mol. The lowest BCUT2D eigenvalue weighted by Crippen LogP contribution is -2.16. The van der Waals surface area contributed by atoms with Gasteiger partial charge < -0.3 is 4.74 Å². The van der Waals surface area contributed by atoms with Crippen LogP contribution in [0.4, 0.5) is 0 Å². The van der Waals surface area contributed by atoms with Crippen molar-refractivity contribution in [3.8, 4) is 0 Å². The highest BCUT2D eigenvalue weighted by molar-refractivity contribution is 7.99. The number of ether oxygens (including phenoxy) is 1. The molecule has 2 heteroatoms. The van der Waals surface area contributed by atoms with Gasteiger partial charge in [0.1, 0.15) is 0 Å². The van der Waals surface area contributed by atoms with Gasteiger partial charge in [-0.25, -0.2) is 0 Å². The molecule has 1 aromatic rings. The van der Waals surface area contributed by atoms with Gasteiger partial charge in [0.05, 0.1) is 12.2 Å². The fourth-order valence-corrected chi connectivity index (χ4v) is 4.48. The van der Waals surface area contributed by atoms with Gasteiger partial charge in [0.25, 0.3) is 0 Å². The fraction of sp³-hybridized carbons (Fsp3) is 0.727. The van der Waals surface area contributed by atoms with Gasteiger partial charge >= 0.3 is 0 Å². The summed E-state index contributed by atoms with van der Waals surface area (Å²) in [5.41, 5.74) is 0. The molecule has 1 aromatic carbocycles. The zero-order chi connectivity index (χ0) is 16.9. The fourth-order valence-electron chi connectivity index (χ4n) is 3.55. The summed E-state index contributed by atoms with van der Waals surface area (Å²) in [5.74, 6) is 1.26. The zero-order valence-corrected chi connectivity index (χ0v) is 16.4. The molecule has 0 heterocycles. The number of hydrogen-bond donors (Lipinski definition) is 0. The maximum Gasteiger partial charge on any atom is 0.0578 e. The Kier molecular flexibility index (Phi) is 10.6. The summed E-state index contributed by atoms with van der Waals surface area (Å²) >= 11 is 1.99. The lowest BCUT2D eigenvalue weighted by Gasteiger charge is -2.18. The van der Waals surface area contributed by atoms with Crippen molar-refractivity contribution in [3.63, 3.8) is 0 Å². The van der Waals surface area contributed by atoms with Crippen LogP contribution in [0.2, 0.25) is 0 Å². The number of benzene rings is 1. The van der Waals surface area contributed by atoms with Gasteiger partial charge in [-0.15, -0.1) is 11.8 Å². The molecule has 24 heavy (non-hydrogen) atoms. The van der Waals surface area contributed by atoms with Crippen LogP contribution in [-0.4, -0.2) is 18.0 Å². The predicted octanol–water partition coefficient (Wildman–Crippen LogP) is 7.25. The molecule has 1 nitrogen and oxygen atoms in total. The van der Waals surface area contributed by atoms with Crippen LogP contribution in [-0.2, 0) is 4.74 Å². The lowest BCUT2D eigenvalue weighted by atomic mass is 10.1. The molecular formula is C22H36OS. The summed E-state index contributed by atoms with van der Waals surface area (Å²) in [6.45, 7) is 2.27. The van der Waals surface area contributed by atoms with Gasteiger partial charge in [0, 0.05) is 4.90 Å². The van der Waals surface area contributed by atoms with Gasteiger partial charge in [-0.05, 0) is 50.5 Å². The van der Waals surface area contributed by atoms with Gasteiger partial charge in [0.2, 0.25) is 0 Å². The minimum Gasteiger partial charge on any atom is -0.375 e. The van der Waals surface area contributed by atoms with Crippen LogP contribution in [0.15, 0.2) is 35.2 Å². The highest BCUT2D eigenvalue weighted by Gasteiger charge is 2.17. The van der Waals surface area contributed by atoms with Crippen LogP contribution >= 0.6 is 11.8 Å². The Labute approximate surface area is 154 Å². The monoisotopic (exact) mass is 348 g/mol. The second kappa shape index (κ2) is 12.8. The van der Waals surface area contributed by atoms with Crippen LogP contribution in [0.25, 0.3) is 0 Å². The Morgan fingerprint density at radius 1 is 0.917 bits per heavy atom.